The number of aryl methyl sites for hydroxylation is 1. The van der Waals surface area contributed by atoms with Gasteiger partial charge in [-0.2, -0.15) is 0 Å². The molecule has 36 heavy (non-hydrogen) atoms. The van der Waals surface area contributed by atoms with Crippen LogP contribution >= 0.6 is 0 Å². The van der Waals surface area contributed by atoms with E-state index in [1.165, 1.54) is 0 Å². The molecule has 5 heteroatoms. The van der Waals surface area contributed by atoms with Crippen molar-refractivity contribution in [2.24, 2.45) is 0 Å². The van der Waals surface area contributed by atoms with Gasteiger partial charge in [0.15, 0.2) is 0 Å². The Morgan fingerprint density at radius 2 is 1.58 bits per heavy atom. The highest BCUT2D eigenvalue weighted by Crippen LogP contribution is 2.57. The first kappa shape index (κ1) is 21.2. The van der Waals surface area contributed by atoms with Gasteiger partial charge in [0.2, 0.25) is 5.91 Å². The first-order valence-corrected chi connectivity index (χ1v) is 12.3. The predicted octanol–water partition coefficient (Wildman–Crippen LogP) is 5.88. The molecule has 0 saturated carbocycles. The van der Waals surface area contributed by atoms with Gasteiger partial charge in [-0.3, -0.25) is 9.69 Å². The number of carbonyl (C=O) groups is 1. The molecule has 1 spiro atoms. The molecule has 1 amide bonds. The Morgan fingerprint density at radius 3 is 2.28 bits per heavy atom. The van der Waals surface area contributed by atoms with Crippen LogP contribution in [0.3, 0.4) is 0 Å². The summed E-state index contributed by atoms with van der Waals surface area (Å²) in [7, 11) is 0. The van der Waals surface area contributed by atoms with Crippen molar-refractivity contribution in [3.05, 3.63) is 124 Å². The van der Waals surface area contributed by atoms with Crippen LogP contribution in [0.1, 0.15) is 39.4 Å². The fourth-order valence-corrected chi connectivity index (χ4v) is 6.02. The third kappa shape index (κ3) is 2.77. The minimum Gasteiger partial charge on any atom is -0.493 e. The highest BCUT2D eigenvalue weighted by atomic mass is 19.1. The lowest BCUT2D eigenvalue weighted by Crippen LogP contribution is -2.44. The average Bonchev–Trinajstić information content (AvgIpc) is 3.59. The molecule has 1 unspecified atom stereocenters. The maximum absolute atomic E-state index is 16.1. The van der Waals surface area contributed by atoms with Crippen LogP contribution in [0.25, 0.3) is 0 Å². The van der Waals surface area contributed by atoms with Crippen LogP contribution in [-0.2, 0) is 16.6 Å². The molecule has 0 saturated heterocycles. The van der Waals surface area contributed by atoms with Crippen molar-refractivity contribution in [1.29, 1.82) is 0 Å². The Morgan fingerprint density at radius 1 is 0.889 bits per heavy atom. The third-order valence-corrected chi connectivity index (χ3v) is 7.77. The third-order valence-electron chi connectivity index (χ3n) is 7.77. The van der Waals surface area contributed by atoms with E-state index >= 15 is 4.39 Å². The summed E-state index contributed by atoms with van der Waals surface area (Å²) in [4.78, 5) is 16.5. The minimum atomic E-state index is -1.25. The molecule has 3 aliphatic rings. The molecule has 4 nitrogen and oxygen atoms in total. The largest absolute Gasteiger partial charge is 0.493 e. The topological polar surface area (TPSA) is 38.8 Å². The molecule has 1 atom stereocenters. The molecule has 0 radical (unpaired) electrons. The average molecular weight is 478 g/mol. The van der Waals surface area contributed by atoms with Gasteiger partial charge in [0, 0.05) is 23.6 Å². The number of anilines is 1. The number of halogens is 1. The predicted molar refractivity (Wildman–Crippen MR) is 135 cm³/mol. The summed E-state index contributed by atoms with van der Waals surface area (Å²) < 4.78 is 28.0. The number of hydrogen-bond acceptors (Lipinski definition) is 3. The summed E-state index contributed by atoms with van der Waals surface area (Å²) >= 11 is 0. The van der Waals surface area contributed by atoms with E-state index in [1.807, 2.05) is 78.9 Å². The molecule has 3 heterocycles. The van der Waals surface area contributed by atoms with E-state index in [1.54, 1.807) is 17.9 Å². The molecule has 0 fully saturated rings. The standard InChI is InChI=1S/C31H24FNO3/c1-19-12-13-24-27(28(19)32)31(18-36-26-17-25-22(14-15-35-25)16-23(26)31)30(34)33(24)29(20-8-4-2-5-9-20)21-10-6-3-7-11-21/h2-13,16-17,29H,14-15,18H2,1H3. The minimum absolute atomic E-state index is 0.0598. The van der Waals surface area contributed by atoms with Gasteiger partial charge in [0.1, 0.15) is 29.3 Å². The number of nitrogens with zero attached hydrogens (tertiary/aromatic N) is 1. The number of ether oxygens (including phenoxy) is 2. The summed E-state index contributed by atoms with van der Waals surface area (Å²) in [6.45, 7) is 2.40. The maximum atomic E-state index is 16.1. The lowest BCUT2D eigenvalue weighted by molar-refractivity contribution is -0.122. The fraction of sp³-hybridized carbons (Fsp3) is 0.194. The van der Waals surface area contributed by atoms with Gasteiger partial charge < -0.3 is 9.47 Å². The smallest absolute Gasteiger partial charge is 0.246 e. The lowest BCUT2D eigenvalue weighted by atomic mass is 9.75. The first-order chi connectivity index (χ1) is 17.6. The van der Waals surface area contributed by atoms with Crippen LogP contribution in [0.15, 0.2) is 84.9 Å². The summed E-state index contributed by atoms with van der Waals surface area (Å²) in [6.07, 6.45) is 0.760. The summed E-state index contributed by atoms with van der Waals surface area (Å²) in [5.41, 5.74) is 3.94. The quantitative estimate of drug-likeness (QED) is 0.370. The zero-order valence-corrected chi connectivity index (χ0v) is 19.8. The number of carbonyl (C=O) groups excluding carboxylic acids is 1. The second-order valence-corrected chi connectivity index (χ2v) is 9.74. The van der Waals surface area contributed by atoms with E-state index in [0.29, 0.717) is 29.2 Å². The number of benzene rings is 4. The Balaban J connectivity index is 1.50. The van der Waals surface area contributed by atoms with Crippen LogP contribution in [-0.4, -0.2) is 19.1 Å². The van der Waals surface area contributed by atoms with Crippen molar-refractivity contribution in [1.82, 2.24) is 0 Å². The van der Waals surface area contributed by atoms with E-state index in [-0.39, 0.29) is 18.3 Å². The zero-order valence-electron chi connectivity index (χ0n) is 19.8. The molecule has 7 rings (SSSR count). The van der Waals surface area contributed by atoms with Gasteiger partial charge >= 0.3 is 0 Å². The van der Waals surface area contributed by atoms with E-state index in [2.05, 4.69) is 0 Å². The fourth-order valence-electron chi connectivity index (χ4n) is 6.02. The van der Waals surface area contributed by atoms with Crippen LogP contribution in [0, 0.1) is 12.7 Å². The van der Waals surface area contributed by atoms with Gasteiger partial charge in [0.05, 0.1) is 18.3 Å². The number of fused-ring (bicyclic) bond motifs is 5. The number of hydrogen-bond donors (Lipinski definition) is 0. The van der Waals surface area contributed by atoms with Gasteiger partial charge in [0.25, 0.3) is 0 Å². The Bertz CT molecular complexity index is 1480. The van der Waals surface area contributed by atoms with Crippen LogP contribution < -0.4 is 14.4 Å². The molecule has 4 aromatic rings. The van der Waals surface area contributed by atoms with Crippen molar-refractivity contribution < 1.29 is 18.7 Å². The molecule has 3 aliphatic heterocycles. The van der Waals surface area contributed by atoms with E-state index < -0.39 is 11.5 Å². The van der Waals surface area contributed by atoms with Crippen LogP contribution in [0.5, 0.6) is 11.5 Å². The second-order valence-electron chi connectivity index (χ2n) is 9.74. The molecule has 0 aromatic heterocycles. The highest BCUT2D eigenvalue weighted by molar-refractivity contribution is 6.12. The van der Waals surface area contributed by atoms with Gasteiger partial charge in [-0.15, -0.1) is 0 Å². The second kappa shape index (κ2) is 7.69. The zero-order chi connectivity index (χ0) is 24.4. The van der Waals surface area contributed by atoms with Crippen molar-refractivity contribution in [2.45, 2.75) is 24.8 Å². The molecule has 0 N–H and O–H groups in total. The number of rotatable bonds is 3. The first-order valence-electron chi connectivity index (χ1n) is 12.3. The molecule has 0 aliphatic carbocycles. The summed E-state index contributed by atoms with van der Waals surface area (Å²) in [5.74, 6) is 0.854. The lowest BCUT2D eigenvalue weighted by Gasteiger charge is -2.31. The van der Waals surface area contributed by atoms with Gasteiger partial charge in [-0.25, -0.2) is 4.39 Å². The highest BCUT2D eigenvalue weighted by Gasteiger charge is 2.60. The van der Waals surface area contributed by atoms with Crippen molar-refractivity contribution >= 4 is 11.6 Å². The van der Waals surface area contributed by atoms with E-state index in [0.717, 1.165) is 34.4 Å². The van der Waals surface area contributed by atoms with Crippen LogP contribution in [0.2, 0.25) is 0 Å². The molecule has 4 aromatic carbocycles. The monoisotopic (exact) mass is 477 g/mol. The van der Waals surface area contributed by atoms with Gasteiger partial charge in [-0.05, 0) is 41.3 Å². The molecule has 0 bridgehead atoms. The van der Waals surface area contributed by atoms with Crippen molar-refractivity contribution in [3.63, 3.8) is 0 Å². The Hall–Kier alpha value is -4.12. The Labute approximate surface area is 208 Å². The Kier molecular flexibility index (Phi) is 4.53. The van der Waals surface area contributed by atoms with Crippen molar-refractivity contribution in [3.8, 4) is 11.5 Å². The van der Waals surface area contributed by atoms with Gasteiger partial charge in [-0.1, -0.05) is 66.7 Å². The summed E-state index contributed by atoms with van der Waals surface area (Å²) in [5, 5.41) is 0. The van der Waals surface area contributed by atoms with Crippen LogP contribution in [0.4, 0.5) is 10.1 Å². The van der Waals surface area contributed by atoms with Crippen molar-refractivity contribution in [2.75, 3.05) is 18.1 Å². The van der Waals surface area contributed by atoms with E-state index in [9.17, 15) is 4.79 Å². The normalized spacial score (nSPS) is 19.3. The maximum Gasteiger partial charge on any atom is 0.246 e. The number of amides is 1. The summed E-state index contributed by atoms with van der Waals surface area (Å²) in [6, 6.07) is 26.9. The SMILES string of the molecule is Cc1ccc2c(c1F)C1(COc3cc4c(cc31)CCO4)C(=O)N2C(c1ccccc1)c1ccccc1. The molecular weight excluding hydrogens is 453 g/mol. The van der Waals surface area contributed by atoms with E-state index in [4.69, 9.17) is 9.47 Å². The molecular formula is C31H24FNO3. The molecule has 178 valence electrons.